The molecule has 1 amide bonds. The number of halogens is 1. The lowest BCUT2D eigenvalue weighted by molar-refractivity contribution is 0.0943. The monoisotopic (exact) mass is 377 g/mol. The zero-order valence-electron chi connectivity index (χ0n) is 13.7. The third kappa shape index (κ3) is 3.79. The van der Waals surface area contributed by atoms with E-state index in [9.17, 15) is 14.3 Å². The maximum absolute atomic E-state index is 12.3. The zero-order chi connectivity index (χ0) is 18.2. The van der Waals surface area contributed by atoms with E-state index in [2.05, 4.69) is 5.32 Å². The Labute approximate surface area is 150 Å². The highest BCUT2D eigenvalue weighted by Crippen LogP contribution is 2.56. The summed E-state index contributed by atoms with van der Waals surface area (Å²) >= 11 is 6.24. The summed E-state index contributed by atoms with van der Waals surface area (Å²) in [5.74, 6) is 1.02. The minimum atomic E-state index is -3.98. The first-order valence-electron chi connectivity index (χ1n) is 7.72. The Bertz CT molecular complexity index is 909. The molecule has 1 aliphatic rings. The summed E-state index contributed by atoms with van der Waals surface area (Å²) in [6, 6.07) is 12.2. The summed E-state index contributed by atoms with van der Waals surface area (Å²) in [6.07, 6.45) is 0. The van der Waals surface area contributed by atoms with Gasteiger partial charge < -0.3 is 14.7 Å². The maximum Gasteiger partial charge on any atom is 0.401 e. The summed E-state index contributed by atoms with van der Waals surface area (Å²) in [7, 11) is -3.98. The third-order valence-corrected chi connectivity index (χ3v) is 4.92. The number of nitrogens with one attached hydrogen (secondary N) is 1. The van der Waals surface area contributed by atoms with Gasteiger partial charge in [-0.3, -0.25) is 4.79 Å². The van der Waals surface area contributed by atoms with Crippen LogP contribution in [0.3, 0.4) is 0 Å². The lowest BCUT2D eigenvalue weighted by atomic mass is 9.96. The Morgan fingerprint density at radius 3 is 2.56 bits per heavy atom. The minimum Gasteiger partial charge on any atom is -0.419 e. The fourth-order valence-electron chi connectivity index (χ4n) is 2.60. The first-order chi connectivity index (χ1) is 11.8. The second-order valence-corrected chi connectivity index (χ2v) is 8.00. The lowest BCUT2D eigenvalue weighted by Crippen LogP contribution is -2.30. The Hall–Kier alpha value is -2.07. The molecule has 1 atom stereocenters. The Balaban J connectivity index is 2.17. The van der Waals surface area contributed by atoms with E-state index >= 15 is 0 Å². The van der Waals surface area contributed by atoms with E-state index in [0.717, 1.165) is 5.56 Å². The van der Waals surface area contributed by atoms with Crippen molar-refractivity contribution in [1.82, 2.24) is 5.32 Å². The molecule has 0 spiro atoms. The zero-order valence-corrected chi connectivity index (χ0v) is 15.3. The molecule has 0 bridgehead atoms. The Kier molecular flexibility index (Phi) is 4.74. The van der Waals surface area contributed by atoms with Gasteiger partial charge >= 0.3 is 7.60 Å². The van der Waals surface area contributed by atoms with E-state index in [1.54, 1.807) is 6.07 Å². The molecule has 1 heterocycles. The number of hydrogen-bond acceptors (Lipinski definition) is 3. The summed E-state index contributed by atoms with van der Waals surface area (Å²) < 4.78 is 17.4. The van der Waals surface area contributed by atoms with Crippen molar-refractivity contribution < 1.29 is 18.8 Å². The van der Waals surface area contributed by atoms with Crippen LogP contribution >= 0.6 is 19.2 Å². The molecule has 5 nitrogen and oxygen atoms in total. The fourth-order valence-corrected chi connectivity index (χ4v) is 4.04. The molecular weight excluding hydrogens is 361 g/mol. The van der Waals surface area contributed by atoms with Gasteiger partial charge in [0.2, 0.25) is 0 Å². The maximum atomic E-state index is 12.3. The average molecular weight is 378 g/mol. The smallest absolute Gasteiger partial charge is 0.401 e. The summed E-state index contributed by atoms with van der Waals surface area (Å²) in [5.41, 5.74) is 2.11. The van der Waals surface area contributed by atoms with Crippen LogP contribution in [0.15, 0.2) is 48.3 Å². The summed E-state index contributed by atoms with van der Waals surface area (Å²) in [4.78, 5) is 22.3. The molecule has 3 rings (SSSR count). The largest absolute Gasteiger partial charge is 0.419 e. The molecule has 0 saturated heterocycles. The van der Waals surface area contributed by atoms with Crippen molar-refractivity contribution in [1.29, 1.82) is 0 Å². The molecule has 2 aromatic rings. The number of benzene rings is 2. The van der Waals surface area contributed by atoms with Crippen LogP contribution in [0.1, 0.15) is 35.3 Å². The van der Waals surface area contributed by atoms with Gasteiger partial charge in [0.25, 0.3) is 5.91 Å². The second kappa shape index (κ2) is 6.68. The molecule has 0 fully saturated rings. The van der Waals surface area contributed by atoms with Crippen LogP contribution in [0.4, 0.5) is 0 Å². The molecule has 0 saturated carbocycles. The van der Waals surface area contributed by atoms with Crippen molar-refractivity contribution in [3.8, 4) is 5.75 Å². The van der Waals surface area contributed by atoms with Crippen LogP contribution in [-0.2, 0) is 4.57 Å². The SMILES string of the molecule is CC(C)NC(=O)c1cc(Cl)c2c(c1)C(c1ccccc1)=CP(=O)(O)O2. The van der Waals surface area contributed by atoms with E-state index in [1.807, 2.05) is 44.2 Å². The number of hydrogen-bond donors (Lipinski definition) is 2. The molecule has 2 N–H and O–H groups in total. The van der Waals surface area contributed by atoms with Gasteiger partial charge in [0.15, 0.2) is 5.75 Å². The van der Waals surface area contributed by atoms with Gasteiger partial charge in [-0.15, -0.1) is 0 Å². The van der Waals surface area contributed by atoms with Gasteiger partial charge in [0.05, 0.1) is 5.02 Å². The molecule has 130 valence electrons. The van der Waals surface area contributed by atoms with Crippen LogP contribution in [-0.4, -0.2) is 16.8 Å². The number of carbonyl (C=O) groups is 1. The van der Waals surface area contributed by atoms with Gasteiger partial charge in [0, 0.05) is 28.6 Å². The van der Waals surface area contributed by atoms with Crippen LogP contribution in [0.2, 0.25) is 5.02 Å². The van der Waals surface area contributed by atoms with Gasteiger partial charge in [-0.25, -0.2) is 4.57 Å². The first kappa shape index (κ1) is 17.7. The standard InChI is InChI=1S/C18H17ClNO4P/c1-11(2)20-18(21)13-8-14-15(12-6-4-3-5-7-12)10-25(22,23)24-17(14)16(19)9-13/h3-11H,1-2H3,(H,20,21)(H,22,23). The van der Waals surface area contributed by atoms with E-state index in [4.69, 9.17) is 16.1 Å². The second-order valence-electron chi connectivity index (χ2n) is 6.03. The highest BCUT2D eigenvalue weighted by Gasteiger charge is 2.31. The molecular formula is C18H17ClNO4P. The number of fused-ring (bicyclic) bond motifs is 1. The van der Waals surface area contributed by atoms with Crippen LogP contribution in [0.5, 0.6) is 5.75 Å². The Morgan fingerprint density at radius 2 is 1.92 bits per heavy atom. The van der Waals surface area contributed by atoms with Crippen LogP contribution in [0.25, 0.3) is 5.57 Å². The molecule has 1 unspecified atom stereocenters. The third-order valence-electron chi connectivity index (χ3n) is 3.61. The molecule has 7 heteroatoms. The minimum absolute atomic E-state index is 0.0275. The van der Waals surface area contributed by atoms with Crippen molar-refractivity contribution in [2.75, 3.05) is 0 Å². The highest BCUT2D eigenvalue weighted by atomic mass is 35.5. The van der Waals surface area contributed by atoms with E-state index in [-0.39, 0.29) is 22.7 Å². The topological polar surface area (TPSA) is 75.6 Å². The first-order valence-corrected chi connectivity index (χ1v) is 9.74. The number of rotatable bonds is 3. The molecule has 1 aliphatic heterocycles. The molecule has 0 aliphatic carbocycles. The molecule has 0 aromatic heterocycles. The highest BCUT2D eigenvalue weighted by molar-refractivity contribution is 7.57. The lowest BCUT2D eigenvalue weighted by Gasteiger charge is -2.24. The number of carbonyl (C=O) groups excluding carboxylic acids is 1. The van der Waals surface area contributed by atoms with Gasteiger partial charge in [-0.1, -0.05) is 41.9 Å². The van der Waals surface area contributed by atoms with E-state index < -0.39 is 7.60 Å². The number of amides is 1. The summed E-state index contributed by atoms with van der Waals surface area (Å²) in [6.45, 7) is 3.72. The predicted octanol–water partition coefficient (Wildman–Crippen LogP) is 4.45. The van der Waals surface area contributed by atoms with Crippen LogP contribution in [0, 0.1) is 0 Å². The quantitative estimate of drug-likeness (QED) is 0.775. The predicted molar refractivity (Wildman–Crippen MR) is 98.0 cm³/mol. The van der Waals surface area contributed by atoms with E-state index in [0.29, 0.717) is 16.7 Å². The normalized spacial score (nSPS) is 19.0. The summed E-state index contributed by atoms with van der Waals surface area (Å²) in [5, 5.41) is 2.92. The van der Waals surface area contributed by atoms with Gasteiger partial charge in [-0.05, 0) is 31.5 Å². The average Bonchev–Trinajstić information content (AvgIpc) is 2.54. The van der Waals surface area contributed by atoms with Crippen molar-refractivity contribution in [2.45, 2.75) is 19.9 Å². The van der Waals surface area contributed by atoms with E-state index in [1.165, 1.54) is 11.9 Å². The van der Waals surface area contributed by atoms with Crippen molar-refractivity contribution in [2.24, 2.45) is 0 Å². The van der Waals surface area contributed by atoms with Gasteiger partial charge in [0.1, 0.15) is 0 Å². The molecule has 0 radical (unpaired) electrons. The van der Waals surface area contributed by atoms with Crippen LogP contribution < -0.4 is 9.84 Å². The van der Waals surface area contributed by atoms with Crippen molar-refractivity contribution in [3.05, 3.63) is 70.0 Å². The van der Waals surface area contributed by atoms with Crippen molar-refractivity contribution in [3.63, 3.8) is 0 Å². The molecule has 25 heavy (non-hydrogen) atoms. The fraction of sp³-hybridized carbons (Fsp3) is 0.167. The van der Waals surface area contributed by atoms with Crippen molar-refractivity contribution >= 4 is 30.7 Å². The van der Waals surface area contributed by atoms with Gasteiger partial charge in [-0.2, -0.15) is 0 Å². The molecule has 2 aromatic carbocycles. The Morgan fingerprint density at radius 1 is 1.24 bits per heavy atom.